The van der Waals surface area contributed by atoms with Crippen molar-refractivity contribution in [2.45, 2.75) is 38.5 Å². The molecule has 3 heterocycles. The molecule has 0 amide bonds. The molecule has 1 fully saturated rings. The van der Waals surface area contributed by atoms with Crippen LogP contribution in [0.3, 0.4) is 0 Å². The zero-order valence-corrected chi connectivity index (χ0v) is 18.2. The lowest BCUT2D eigenvalue weighted by atomic mass is 10.0. The lowest BCUT2D eigenvalue weighted by molar-refractivity contribution is -0.137. The zero-order valence-electron chi connectivity index (χ0n) is 18.2. The van der Waals surface area contributed by atoms with Crippen molar-refractivity contribution in [3.8, 4) is 11.4 Å². The van der Waals surface area contributed by atoms with E-state index < -0.39 is 11.7 Å². The summed E-state index contributed by atoms with van der Waals surface area (Å²) in [5.41, 5.74) is 1.87. The molecule has 168 valence electrons. The Kier molecular flexibility index (Phi) is 6.41. The molecule has 5 nitrogen and oxygen atoms in total. The quantitative estimate of drug-likeness (QED) is 0.560. The van der Waals surface area contributed by atoms with Crippen LogP contribution in [0.1, 0.15) is 29.7 Å². The summed E-state index contributed by atoms with van der Waals surface area (Å²) in [6.45, 7) is 4.12. The number of nitrogens with zero attached hydrogens (tertiary/aromatic N) is 5. The van der Waals surface area contributed by atoms with Crippen LogP contribution >= 0.6 is 0 Å². The number of hydrogen-bond donors (Lipinski definition) is 0. The van der Waals surface area contributed by atoms with Gasteiger partial charge in [0.2, 0.25) is 0 Å². The SMILES string of the molecule is Cc1cc(N2CCC(N(C)Cc3cccc(C(F)(F)F)c3)CC2)nc(-c2cccnc2)n1. The van der Waals surface area contributed by atoms with Gasteiger partial charge in [0.1, 0.15) is 5.82 Å². The van der Waals surface area contributed by atoms with Gasteiger partial charge in [-0.2, -0.15) is 13.2 Å². The van der Waals surface area contributed by atoms with Gasteiger partial charge in [0, 0.05) is 55.4 Å². The molecule has 0 bridgehead atoms. The first kappa shape index (κ1) is 22.2. The first-order valence-electron chi connectivity index (χ1n) is 10.7. The normalized spacial score (nSPS) is 15.4. The van der Waals surface area contributed by atoms with Crippen LogP contribution in [0.15, 0.2) is 54.9 Å². The average Bonchev–Trinajstić information content (AvgIpc) is 2.79. The van der Waals surface area contributed by atoms with Gasteiger partial charge < -0.3 is 4.90 Å². The predicted octanol–water partition coefficient (Wildman–Crippen LogP) is 4.97. The van der Waals surface area contributed by atoms with Crippen molar-refractivity contribution in [3.05, 3.63) is 71.7 Å². The minimum atomic E-state index is -4.32. The van der Waals surface area contributed by atoms with E-state index in [9.17, 15) is 13.2 Å². The van der Waals surface area contributed by atoms with E-state index in [4.69, 9.17) is 4.98 Å². The molecule has 2 aromatic heterocycles. The second kappa shape index (κ2) is 9.24. The lowest BCUT2D eigenvalue weighted by Gasteiger charge is -2.37. The van der Waals surface area contributed by atoms with Crippen molar-refractivity contribution in [2.24, 2.45) is 0 Å². The van der Waals surface area contributed by atoms with Crippen molar-refractivity contribution in [1.82, 2.24) is 19.9 Å². The van der Waals surface area contributed by atoms with Gasteiger partial charge in [-0.1, -0.05) is 18.2 Å². The van der Waals surface area contributed by atoms with Crippen LogP contribution in [0.5, 0.6) is 0 Å². The van der Waals surface area contributed by atoms with Crippen LogP contribution in [-0.4, -0.2) is 46.0 Å². The summed E-state index contributed by atoms with van der Waals surface area (Å²) in [5, 5.41) is 0. The van der Waals surface area contributed by atoms with E-state index in [0.29, 0.717) is 24.0 Å². The molecule has 0 unspecified atom stereocenters. The summed E-state index contributed by atoms with van der Waals surface area (Å²) in [4.78, 5) is 17.9. The molecule has 0 atom stereocenters. The highest BCUT2D eigenvalue weighted by molar-refractivity contribution is 5.56. The molecule has 0 saturated carbocycles. The Labute approximate surface area is 185 Å². The van der Waals surface area contributed by atoms with Crippen LogP contribution in [0.4, 0.5) is 19.0 Å². The molecule has 8 heteroatoms. The second-order valence-electron chi connectivity index (χ2n) is 8.26. The van der Waals surface area contributed by atoms with Crippen molar-refractivity contribution < 1.29 is 13.2 Å². The van der Waals surface area contributed by atoms with Gasteiger partial charge in [-0.3, -0.25) is 9.88 Å². The lowest BCUT2D eigenvalue weighted by Crippen LogP contribution is -2.43. The number of anilines is 1. The summed E-state index contributed by atoms with van der Waals surface area (Å²) in [6.07, 6.45) is 1.00. The van der Waals surface area contributed by atoms with Crippen molar-refractivity contribution in [2.75, 3.05) is 25.0 Å². The number of rotatable bonds is 5. The van der Waals surface area contributed by atoms with Crippen LogP contribution in [0.2, 0.25) is 0 Å². The van der Waals surface area contributed by atoms with Crippen LogP contribution in [-0.2, 0) is 12.7 Å². The first-order chi connectivity index (χ1) is 15.3. The summed E-state index contributed by atoms with van der Waals surface area (Å²) >= 11 is 0. The number of benzene rings is 1. The fraction of sp³-hybridized carbons (Fsp3) is 0.375. The Morgan fingerprint density at radius 2 is 1.84 bits per heavy atom. The molecular formula is C24H26F3N5. The van der Waals surface area contributed by atoms with E-state index in [1.54, 1.807) is 18.5 Å². The van der Waals surface area contributed by atoms with Crippen LogP contribution in [0.25, 0.3) is 11.4 Å². The number of aryl methyl sites for hydroxylation is 1. The highest BCUT2D eigenvalue weighted by Crippen LogP contribution is 2.30. The summed E-state index contributed by atoms with van der Waals surface area (Å²) in [7, 11) is 1.98. The smallest absolute Gasteiger partial charge is 0.356 e. The molecule has 1 aliphatic rings. The number of pyridine rings is 1. The van der Waals surface area contributed by atoms with Gasteiger partial charge in [0.25, 0.3) is 0 Å². The standard InChI is InChI=1S/C24H26F3N5/c1-17-13-22(30-23(29-17)19-6-4-10-28-15-19)32-11-8-21(9-12-32)31(2)16-18-5-3-7-20(14-18)24(25,26)27/h3-7,10,13-15,21H,8-9,11-12,16H2,1-2H3. The van der Waals surface area contributed by atoms with Gasteiger partial charge in [0.15, 0.2) is 5.82 Å². The fourth-order valence-electron chi connectivity index (χ4n) is 4.14. The van der Waals surface area contributed by atoms with E-state index in [0.717, 1.165) is 49.1 Å². The van der Waals surface area contributed by atoms with Gasteiger partial charge in [0.05, 0.1) is 5.56 Å². The molecular weight excluding hydrogens is 415 g/mol. The molecule has 3 aromatic rings. The van der Waals surface area contributed by atoms with Crippen LogP contribution in [0, 0.1) is 6.92 Å². The van der Waals surface area contributed by atoms with Gasteiger partial charge in [-0.15, -0.1) is 0 Å². The molecule has 0 N–H and O–H groups in total. The average molecular weight is 442 g/mol. The number of alkyl halides is 3. The molecule has 1 saturated heterocycles. The minimum absolute atomic E-state index is 0.307. The monoisotopic (exact) mass is 441 g/mol. The number of halogens is 3. The number of aromatic nitrogens is 3. The molecule has 0 spiro atoms. The third-order valence-electron chi connectivity index (χ3n) is 5.86. The predicted molar refractivity (Wildman–Crippen MR) is 118 cm³/mol. The van der Waals surface area contributed by atoms with E-state index >= 15 is 0 Å². The maximum Gasteiger partial charge on any atom is 0.416 e. The number of piperidine rings is 1. The van der Waals surface area contributed by atoms with E-state index in [-0.39, 0.29) is 0 Å². The third kappa shape index (κ3) is 5.24. The van der Waals surface area contributed by atoms with E-state index in [1.165, 1.54) is 12.1 Å². The Balaban J connectivity index is 1.40. The molecule has 0 radical (unpaired) electrons. The highest BCUT2D eigenvalue weighted by Gasteiger charge is 2.30. The second-order valence-corrected chi connectivity index (χ2v) is 8.26. The first-order valence-corrected chi connectivity index (χ1v) is 10.7. The van der Waals surface area contributed by atoms with Crippen molar-refractivity contribution >= 4 is 5.82 Å². The van der Waals surface area contributed by atoms with E-state index in [2.05, 4.69) is 19.8 Å². The maximum absolute atomic E-state index is 13.0. The van der Waals surface area contributed by atoms with Gasteiger partial charge in [-0.25, -0.2) is 9.97 Å². The zero-order chi connectivity index (χ0) is 22.7. The molecule has 1 aliphatic heterocycles. The minimum Gasteiger partial charge on any atom is -0.356 e. The van der Waals surface area contributed by atoms with Gasteiger partial charge >= 0.3 is 6.18 Å². The van der Waals surface area contributed by atoms with E-state index in [1.807, 2.05) is 32.2 Å². The molecule has 32 heavy (non-hydrogen) atoms. The summed E-state index contributed by atoms with van der Waals surface area (Å²) in [6, 6.07) is 11.7. The topological polar surface area (TPSA) is 45.2 Å². The largest absolute Gasteiger partial charge is 0.416 e. The van der Waals surface area contributed by atoms with Crippen molar-refractivity contribution in [3.63, 3.8) is 0 Å². The van der Waals surface area contributed by atoms with Gasteiger partial charge in [-0.05, 0) is 50.6 Å². The highest BCUT2D eigenvalue weighted by atomic mass is 19.4. The summed E-state index contributed by atoms with van der Waals surface area (Å²) < 4.78 is 39.0. The molecule has 0 aliphatic carbocycles. The Morgan fingerprint density at radius 1 is 1.06 bits per heavy atom. The molecule has 1 aromatic carbocycles. The Bertz CT molecular complexity index is 1050. The maximum atomic E-state index is 13.0. The Hall–Kier alpha value is -3.00. The third-order valence-corrected chi connectivity index (χ3v) is 5.86. The van der Waals surface area contributed by atoms with Crippen molar-refractivity contribution in [1.29, 1.82) is 0 Å². The molecule has 4 rings (SSSR count). The van der Waals surface area contributed by atoms with Crippen LogP contribution < -0.4 is 4.90 Å². The summed E-state index contributed by atoms with van der Waals surface area (Å²) in [5.74, 6) is 1.56. The Morgan fingerprint density at radius 3 is 2.53 bits per heavy atom. The fourth-order valence-corrected chi connectivity index (χ4v) is 4.14. The number of hydrogen-bond acceptors (Lipinski definition) is 5.